The predicted octanol–water partition coefficient (Wildman–Crippen LogP) is 4.70. The molecule has 0 atom stereocenters. The van der Waals surface area contributed by atoms with Gasteiger partial charge in [0.2, 0.25) is 0 Å². The number of benzene rings is 2. The highest BCUT2D eigenvalue weighted by atomic mass is 16.5. The van der Waals surface area contributed by atoms with Crippen LogP contribution in [0, 0.1) is 0 Å². The number of anilines is 1. The Kier molecular flexibility index (Phi) is 5.95. The minimum atomic E-state index is -0.158. The Morgan fingerprint density at radius 2 is 1.89 bits per heavy atom. The molecule has 0 saturated carbocycles. The van der Waals surface area contributed by atoms with Gasteiger partial charge in [-0.3, -0.25) is 9.89 Å². The molecule has 3 aliphatic rings. The molecule has 0 saturated heterocycles. The SMILES string of the molecule is C=c1[nH]n(-c2ccccc2)c(=O)c1=C1C=C(C)OC(C=C2C=C(C)c3cc4c(cc3O2)N(CC)CCC4)=C1. The van der Waals surface area contributed by atoms with Gasteiger partial charge in [0, 0.05) is 36.5 Å². The first-order chi connectivity index (χ1) is 18.4. The standard InChI is InChI=1S/C32H31N3O3/c1-5-34-13-9-10-23-17-28-20(2)14-26(38-30(28)19-29(23)34)18-27-16-24(15-21(3)37-27)31-22(4)33-35(32(31)36)25-11-7-6-8-12-25/h6-8,11-12,14-19,33H,4-5,9-10,13H2,1-3H3. The van der Waals surface area contributed by atoms with Crippen LogP contribution in [-0.4, -0.2) is 22.9 Å². The van der Waals surface area contributed by atoms with Gasteiger partial charge in [0.25, 0.3) is 5.56 Å². The van der Waals surface area contributed by atoms with Crippen LogP contribution < -0.4 is 25.8 Å². The average molecular weight is 506 g/mol. The van der Waals surface area contributed by atoms with Crippen LogP contribution in [0.2, 0.25) is 0 Å². The maximum absolute atomic E-state index is 13.4. The number of hydrogen-bond donors (Lipinski definition) is 1. The third-order valence-corrected chi connectivity index (χ3v) is 7.28. The molecule has 0 fully saturated rings. The molecule has 4 heterocycles. The summed E-state index contributed by atoms with van der Waals surface area (Å²) in [6.45, 7) is 12.3. The molecule has 3 aromatic rings. The van der Waals surface area contributed by atoms with Gasteiger partial charge in [0.05, 0.1) is 16.3 Å². The van der Waals surface area contributed by atoms with Crippen molar-refractivity contribution >= 4 is 23.4 Å². The molecule has 6 rings (SSSR count). The van der Waals surface area contributed by atoms with Crippen molar-refractivity contribution < 1.29 is 9.47 Å². The lowest BCUT2D eigenvalue weighted by atomic mass is 9.94. The molecule has 1 N–H and O–H groups in total. The molecular weight excluding hydrogens is 474 g/mol. The number of nitrogens with one attached hydrogen (secondary N) is 1. The van der Waals surface area contributed by atoms with Crippen molar-refractivity contribution in [2.45, 2.75) is 33.6 Å². The lowest BCUT2D eigenvalue weighted by molar-refractivity contribution is 0.316. The summed E-state index contributed by atoms with van der Waals surface area (Å²) in [4.78, 5) is 15.8. The number of allylic oxidation sites excluding steroid dienone is 6. The van der Waals surface area contributed by atoms with Crippen molar-refractivity contribution in [2.75, 3.05) is 18.0 Å². The van der Waals surface area contributed by atoms with Crippen LogP contribution in [0.3, 0.4) is 0 Å². The molecule has 0 spiro atoms. The van der Waals surface area contributed by atoms with Gasteiger partial charge in [-0.1, -0.05) is 24.8 Å². The third kappa shape index (κ3) is 4.22. The summed E-state index contributed by atoms with van der Waals surface area (Å²) in [6, 6.07) is 13.9. The van der Waals surface area contributed by atoms with Crippen LogP contribution in [0.4, 0.5) is 5.69 Å². The first-order valence-electron chi connectivity index (χ1n) is 13.1. The van der Waals surface area contributed by atoms with Gasteiger partial charge in [0.1, 0.15) is 23.0 Å². The number of rotatable bonds is 3. The van der Waals surface area contributed by atoms with E-state index in [0.717, 1.165) is 47.7 Å². The van der Waals surface area contributed by atoms with Gasteiger partial charge in [-0.25, -0.2) is 4.68 Å². The number of aromatic nitrogens is 2. The van der Waals surface area contributed by atoms with Gasteiger partial charge < -0.3 is 14.4 Å². The zero-order chi connectivity index (χ0) is 26.4. The van der Waals surface area contributed by atoms with Crippen molar-refractivity contribution in [1.82, 2.24) is 9.78 Å². The molecule has 1 aromatic heterocycles. The summed E-state index contributed by atoms with van der Waals surface area (Å²) in [5.41, 5.74) is 6.27. The minimum Gasteiger partial charge on any atom is -0.462 e. The quantitative estimate of drug-likeness (QED) is 0.561. The van der Waals surface area contributed by atoms with E-state index in [1.807, 2.05) is 61.6 Å². The van der Waals surface area contributed by atoms with Crippen LogP contribution >= 0.6 is 0 Å². The second-order valence-electron chi connectivity index (χ2n) is 9.94. The predicted molar refractivity (Wildman–Crippen MR) is 153 cm³/mol. The van der Waals surface area contributed by atoms with E-state index in [9.17, 15) is 4.79 Å². The molecular formula is C32H31N3O3. The molecule has 3 aliphatic heterocycles. The van der Waals surface area contributed by atoms with Gasteiger partial charge >= 0.3 is 0 Å². The van der Waals surface area contributed by atoms with Crippen molar-refractivity contribution in [1.29, 1.82) is 0 Å². The Balaban J connectivity index is 1.40. The largest absolute Gasteiger partial charge is 0.462 e. The average Bonchev–Trinajstić information content (AvgIpc) is 3.21. The maximum atomic E-state index is 13.4. The van der Waals surface area contributed by atoms with Crippen LogP contribution in [0.1, 0.15) is 38.3 Å². The summed E-state index contributed by atoms with van der Waals surface area (Å²) in [5, 5.41) is 4.17. The molecule has 0 aliphatic carbocycles. The van der Waals surface area contributed by atoms with Gasteiger partial charge in [-0.15, -0.1) is 0 Å². The van der Waals surface area contributed by atoms with Crippen LogP contribution in [-0.2, 0) is 11.2 Å². The molecule has 192 valence electrons. The minimum absolute atomic E-state index is 0.158. The fraction of sp³-hybridized carbons (Fsp3) is 0.219. The topological polar surface area (TPSA) is 59.5 Å². The molecule has 2 aromatic carbocycles. The summed E-state index contributed by atoms with van der Waals surface area (Å²) in [6.07, 6.45) is 9.92. The number of nitrogens with zero attached hydrogens (tertiary/aromatic N) is 2. The van der Waals surface area contributed by atoms with E-state index in [1.165, 1.54) is 22.4 Å². The van der Waals surface area contributed by atoms with Crippen molar-refractivity contribution in [3.05, 3.63) is 116 Å². The fourth-order valence-corrected chi connectivity index (χ4v) is 5.48. The van der Waals surface area contributed by atoms with Crippen LogP contribution in [0.5, 0.6) is 5.75 Å². The van der Waals surface area contributed by atoms with E-state index in [1.54, 1.807) is 0 Å². The lowest BCUT2D eigenvalue weighted by Gasteiger charge is -2.32. The van der Waals surface area contributed by atoms with Gasteiger partial charge in [-0.05, 0) is 86.7 Å². The Labute approximate surface area is 221 Å². The normalized spacial score (nSPS) is 19.1. The highest BCUT2D eigenvalue weighted by Crippen LogP contribution is 2.40. The van der Waals surface area contributed by atoms with E-state index in [4.69, 9.17) is 9.47 Å². The maximum Gasteiger partial charge on any atom is 0.279 e. The first kappa shape index (κ1) is 23.9. The van der Waals surface area contributed by atoms with Crippen LogP contribution in [0.25, 0.3) is 23.4 Å². The zero-order valence-corrected chi connectivity index (χ0v) is 22.0. The number of H-pyrrole nitrogens is 1. The number of aromatic amines is 1. The molecule has 0 bridgehead atoms. The molecule has 0 radical (unpaired) electrons. The molecule has 6 nitrogen and oxygen atoms in total. The van der Waals surface area contributed by atoms with E-state index in [-0.39, 0.29) is 5.56 Å². The van der Waals surface area contributed by atoms with E-state index in [2.05, 4.69) is 42.6 Å². The first-order valence-corrected chi connectivity index (χ1v) is 13.1. The highest BCUT2D eigenvalue weighted by Gasteiger charge is 2.23. The monoisotopic (exact) mass is 505 g/mol. The Morgan fingerprint density at radius 1 is 1.08 bits per heavy atom. The Hall–Kier alpha value is -4.45. The van der Waals surface area contributed by atoms with Gasteiger partial charge in [0.15, 0.2) is 0 Å². The molecule has 0 amide bonds. The van der Waals surface area contributed by atoms with Crippen molar-refractivity contribution in [2.24, 2.45) is 0 Å². The zero-order valence-electron chi connectivity index (χ0n) is 22.0. The van der Waals surface area contributed by atoms with E-state index in [0.29, 0.717) is 27.8 Å². The number of ether oxygens (including phenoxy) is 2. The number of fused-ring (bicyclic) bond motifs is 2. The fourth-order valence-electron chi connectivity index (χ4n) is 5.48. The second-order valence-corrected chi connectivity index (χ2v) is 9.94. The molecule has 6 heteroatoms. The number of para-hydroxylation sites is 1. The summed E-state index contributed by atoms with van der Waals surface area (Å²) in [5.74, 6) is 2.84. The van der Waals surface area contributed by atoms with Crippen molar-refractivity contribution in [3.8, 4) is 11.4 Å². The third-order valence-electron chi connectivity index (χ3n) is 7.28. The smallest absolute Gasteiger partial charge is 0.279 e. The van der Waals surface area contributed by atoms with Gasteiger partial charge in [-0.2, -0.15) is 0 Å². The molecule has 0 unspecified atom stereocenters. The van der Waals surface area contributed by atoms with Crippen molar-refractivity contribution in [3.63, 3.8) is 0 Å². The van der Waals surface area contributed by atoms with Crippen LogP contribution in [0.15, 0.2) is 88.8 Å². The highest BCUT2D eigenvalue weighted by molar-refractivity contribution is 5.78. The van der Waals surface area contributed by atoms with E-state index < -0.39 is 0 Å². The Morgan fingerprint density at radius 3 is 2.68 bits per heavy atom. The second kappa shape index (κ2) is 9.45. The lowest BCUT2D eigenvalue weighted by Crippen LogP contribution is -2.36. The summed E-state index contributed by atoms with van der Waals surface area (Å²) in [7, 11) is 0. The number of hydrogen-bond acceptors (Lipinski definition) is 4. The van der Waals surface area contributed by atoms with E-state index >= 15 is 0 Å². The Bertz CT molecular complexity index is 1730. The summed E-state index contributed by atoms with van der Waals surface area (Å²) >= 11 is 0. The number of aryl methyl sites for hydroxylation is 1. The molecule has 38 heavy (non-hydrogen) atoms. The summed E-state index contributed by atoms with van der Waals surface area (Å²) < 4.78 is 13.9.